The molecule has 0 bridgehead atoms. The molecule has 0 aliphatic rings. The monoisotopic (exact) mass is 292 g/mol. The molecule has 0 fully saturated rings. The predicted octanol–water partition coefficient (Wildman–Crippen LogP) is 1.85. The SMILES string of the molecule is COC(=O)c1ccc(N)c(N(C)Cc2csc(C)n2)n1. The van der Waals surface area contributed by atoms with Crippen LogP contribution in [0.4, 0.5) is 11.5 Å². The van der Waals surface area contributed by atoms with Gasteiger partial charge in [0, 0.05) is 12.4 Å². The topological polar surface area (TPSA) is 81.3 Å². The van der Waals surface area contributed by atoms with Gasteiger partial charge in [-0.1, -0.05) is 0 Å². The number of nitrogens with two attached hydrogens (primary N) is 1. The summed E-state index contributed by atoms with van der Waals surface area (Å²) in [5, 5.41) is 3.00. The molecule has 2 aromatic heterocycles. The molecule has 2 heterocycles. The molecule has 20 heavy (non-hydrogen) atoms. The van der Waals surface area contributed by atoms with Crippen molar-refractivity contribution in [3.8, 4) is 0 Å². The second-order valence-corrected chi connectivity index (χ2v) is 5.38. The summed E-state index contributed by atoms with van der Waals surface area (Å²) in [6.45, 7) is 2.53. The van der Waals surface area contributed by atoms with Gasteiger partial charge in [0.05, 0.1) is 30.0 Å². The number of nitrogens with zero attached hydrogens (tertiary/aromatic N) is 3. The Morgan fingerprint density at radius 3 is 2.80 bits per heavy atom. The highest BCUT2D eigenvalue weighted by Crippen LogP contribution is 2.22. The molecule has 106 valence electrons. The number of hydrogen-bond donors (Lipinski definition) is 1. The Labute approximate surface area is 121 Å². The van der Waals surface area contributed by atoms with E-state index in [1.54, 1.807) is 23.5 Å². The van der Waals surface area contributed by atoms with Crippen LogP contribution in [0, 0.1) is 6.92 Å². The van der Waals surface area contributed by atoms with Gasteiger partial charge in [0.2, 0.25) is 0 Å². The van der Waals surface area contributed by atoms with E-state index in [1.807, 2.05) is 24.3 Å². The Bertz CT molecular complexity index is 627. The molecule has 0 aliphatic carbocycles. The minimum Gasteiger partial charge on any atom is -0.464 e. The highest BCUT2D eigenvalue weighted by Gasteiger charge is 2.14. The molecule has 0 spiro atoms. The molecule has 0 aliphatic heterocycles. The van der Waals surface area contributed by atoms with Gasteiger partial charge in [-0.15, -0.1) is 11.3 Å². The summed E-state index contributed by atoms with van der Waals surface area (Å²) in [7, 11) is 3.18. The molecule has 6 nitrogen and oxygen atoms in total. The summed E-state index contributed by atoms with van der Waals surface area (Å²) < 4.78 is 4.66. The number of ether oxygens (including phenoxy) is 1. The van der Waals surface area contributed by atoms with Crippen LogP contribution in [0.25, 0.3) is 0 Å². The van der Waals surface area contributed by atoms with Gasteiger partial charge in [-0.2, -0.15) is 0 Å². The van der Waals surface area contributed by atoms with Crippen LogP contribution in [0.1, 0.15) is 21.2 Å². The summed E-state index contributed by atoms with van der Waals surface area (Å²) in [5.41, 5.74) is 7.60. The van der Waals surface area contributed by atoms with Crippen molar-refractivity contribution in [2.24, 2.45) is 0 Å². The number of rotatable bonds is 4. The van der Waals surface area contributed by atoms with Gasteiger partial charge < -0.3 is 15.4 Å². The molecular weight excluding hydrogens is 276 g/mol. The zero-order valence-corrected chi connectivity index (χ0v) is 12.4. The van der Waals surface area contributed by atoms with Crippen LogP contribution in [0.15, 0.2) is 17.5 Å². The lowest BCUT2D eigenvalue weighted by molar-refractivity contribution is 0.0594. The van der Waals surface area contributed by atoms with Crippen LogP contribution in [-0.2, 0) is 11.3 Å². The van der Waals surface area contributed by atoms with E-state index in [9.17, 15) is 4.79 Å². The summed E-state index contributed by atoms with van der Waals surface area (Å²) in [6.07, 6.45) is 0. The Morgan fingerprint density at radius 2 is 2.20 bits per heavy atom. The molecule has 0 unspecified atom stereocenters. The molecule has 0 saturated heterocycles. The van der Waals surface area contributed by atoms with E-state index >= 15 is 0 Å². The first-order valence-electron chi connectivity index (χ1n) is 5.98. The normalized spacial score (nSPS) is 10.3. The first kappa shape index (κ1) is 14.3. The summed E-state index contributed by atoms with van der Waals surface area (Å²) >= 11 is 1.59. The van der Waals surface area contributed by atoms with E-state index in [0.717, 1.165) is 10.7 Å². The van der Waals surface area contributed by atoms with E-state index < -0.39 is 5.97 Å². The van der Waals surface area contributed by atoms with Crippen molar-refractivity contribution in [1.29, 1.82) is 0 Å². The number of methoxy groups -OCH3 is 1. The zero-order chi connectivity index (χ0) is 14.7. The Hall–Kier alpha value is -2.15. The number of hydrogen-bond acceptors (Lipinski definition) is 7. The molecule has 7 heteroatoms. The number of esters is 1. The van der Waals surface area contributed by atoms with Crippen LogP contribution in [0.2, 0.25) is 0 Å². The third-order valence-corrected chi connectivity index (χ3v) is 3.55. The number of carbonyl (C=O) groups excluding carboxylic acids is 1. The van der Waals surface area contributed by atoms with Crippen LogP contribution in [0.5, 0.6) is 0 Å². The second-order valence-electron chi connectivity index (χ2n) is 4.31. The molecule has 2 aromatic rings. The van der Waals surface area contributed by atoms with E-state index in [0.29, 0.717) is 18.1 Å². The van der Waals surface area contributed by atoms with E-state index in [2.05, 4.69) is 14.7 Å². The number of carbonyl (C=O) groups is 1. The third kappa shape index (κ3) is 3.05. The molecule has 2 N–H and O–H groups in total. The van der Waals surface area contributed by atoms with Crippen LogP contribution in [0.3, 0.4) is 0 Å². The smallest absolute Gasteiger partial charge is 0.356 e. The Morgan fingerprint density at radius 1 is 1.45 bits per heavy atom. The largest absolute Gasteiger partial charge is 0.464 e. The zero-order valence-electron chi connectivity index (χ0n) is 11.6. The van der Waals surface area contributed by atoms with Gasteiger partial charge in [0.25, 0.3) is 0 Å². The molecule has 0 atom stereocenters. The van der Waals surface area contributed by atoms with E-state index in [1.165, 1.54) is 7.11 Å². The van der Waals surface area contributed by atoms with Gasteiger partial charge >= 0.3 is 5.97 Å². The first-order valence-corrected chi connectivity index (χ1v) is 6.86. The molecule has 2 rings (SSSR count). The van der Waals surface area contributed by atoms with Crippen molar-refractivity contribution in [3.05, 3.63) is 33.9 Å². The fourth-order valence-electron chi connectivity index (χ4n) is 1.78. The van der Waals surface area contributed by atoms with Gasteiger partial charge in [-0.25, -0.2) is 14.8 Å². The van der Waals surface area contributed by atoms with Gasteiger partial charge in [0.1, 0.15) is 0 Å². The second kappa shape index (κ2) is 5.87. The lowest BCUT2D eigenvalue weighted by atomic mass is 10.3. The number of anilines is 2. The fourth-order valence-corrected chi connectivity index (χ4v) is 2.39. The molecule has 0 amide bonds. The maximum Gasteiger partial charge on any atom is 0.356 e. The van der Waals surface area contributed by atoms with Crippen LogP contribution < -0.4 is 10.6 Å². The molecular formula is C13H16N4O2S. The van der Waals surface area contributed by atoms with Crippen molar-refractivity contribution in [2.75, 3.05) is 24.8 Å². The Kier molecular flexibility index (Phi) is 4.19. The molecule has 0 saturated carbocycles. The highest BCUT2D eigenvalue weighted by molar-refractivity contribution is 7.09. The highest BCUT2D eigenvalue weighted by atomic mass is 32.1. The molecule has 0 radical (unpaired) electrons. The Balaban J connectivity index is 2.24. The number of nitrogen functional groups attached to an aromatic ring is 1. The molecule has 0 aromatic carbocycles. The van der Waals surface area contributed by atoms with Gasteiger partial charge in [-0.3, -0.25) is 0 Å². The first-order chi connectivity index (χ1) is 9.51. The van der Waals surface area contributed by atoms with Gasteiger partial charge in [-0.05, 0) is 19.1 Å². The van der Waals surface area contributed by atoms with E-state index in [4.69, 9.17) is 5.73 Å². The lowest BCUT2D eigenvalue weighted by Gasteiger charge is -2.19. The maximum absolute atomic E-state index is 11.5. The average molecular weight is 292 g/mol. The minimum absolute atomic E-state index is 0.234. The maximum atomic E-state index is 11.5. The summed E-state index contributed by atoms with van der Waals surface area (Å²) in [6, 6.07) is 3.20. The third-order valence-electron chi connectivity index (χ3n) is 2.73. The van der Waals surface area contributed by atoms with Crippen molar-refractivity contribution >= 4 is 28.8 Å². The number of pyridine rings is 1. The minimum atomic E-state index is -0.482. The van der Waals surface area contributed by atoms with Gasteiger partial charge in [0.15, 0.2) is 11.5 Å². The fraction of sp³-hybridized carbons (Fsp3) is 0.308. The predicted molar refractivity (Wildman–Crippen MR) is 78.9 cm³/mol. The number of aromatic nitrogens is 2. The van der Waals surface area contributed by atoms with Crippen LogP contribution >= 0.6 is 11.3 Å². The summed E-state index contributed by atoms with van der Waals surface area (Å²) in [5.74, 6) is 0.0581. The lowest BCUT2D eigenvalue weighted by Crippen LogP contribution is -2.20. The van der Waals surface area contributed by atoms with Crippen LogP contribution in [-0.4, -0.2) is 30.1 Å². The average Bonchev–Trinajstić information content (AvgIpc) is 2.83. The van der Waals surface area contributed by atoms with Crippen molar-refractivity contribution in [2.45, 2.75) is 13.5 Å². The van der Waals surface area contributed by atoms with Crippen molar-refractivity contribution < 1.29 is 9.53 Å². The number of thiazole rings is 1. The number of aryl methyl sites for hydroxylation is 1. The standard InChI is InChI=1S/C13H16N4O2S/c1-8-15-9(7-20-8)6-17(2)12-10(14)4-5-11(16-12)13(18)19-3/h4-5,7H,6,14H2,1-3H3. The van der Waals surface area contributed by atoms with E-state index in [-0.39, 0.29) is 5.69 Å². The quantitative estimate of drug-likeness (QED) is 0.866. The summed E-state index contributed by atoms with van der Waals surface area (Å²) in [4.78, 5) is 22.0. The van der Waals surface area contributed by atoms with Crippen molar-refractivity contribution in [1.82, 2.24) is 9.97 Å². The van der Waals surface area contributed by atoms with Crippen molar-refractivity contribution in [3.63, 3.8) is 0 Å².